The van der Waals surface area contributed by atoms with Gasteiger partial charge in [-0.05, 0) is 54.8 Å². The molecule has 1 atom stereocenters. The zero-order chi connectivity index (χ0) is 25.8. The van der Waals surface area contributed by atoms with Crippen LogP contribution in [0.5, 0.6) is 0 Å². The van der Waals surface area contributed by atoms with Gasteiger partial charge in [0.2, 0.25) is 0 Å². The van der Waals surface area contributed by atoms with Crippen molar-refractivity contribution in [3.8, 4) is 22.5 Å². The normalized spacial score (nSPS) is 11.8. The summed E-state index contributed by atoms with van der Waals surface area (Å²) in [6.07, 6.45) is -1.00. The number of aryl methyl sites for hydroxylation is 1. The lowest BCUT2D eigenvalue weighted by Crippen LogP contribution is -2.12. The van der Waals surface area contributed by atoms with Crippen molar-refractivity contribution in [1.82, 2.24) is 5.16 Å². The molecule has 0 aliphatic rings. The van der Waals surface area contributed by atoms with Gasteiger partial charge in [0.15, 0.2) is 5.76 Å². The second-order valence-corrected chi connectivity index (χ2v) is 8.77. The number of hydrogen-bond donors (Lipinski definition) is 1. The largest absolute Gasteiger partial charge is 0.481 e. The lowest BCUT2D eigenvalue weighted by molar-refractivity contribution is -0.147. The first-order chi connectivity index (χ1) is 17.2. The number of aliphatic carboxylic acids is 1. The highest BCUT2D eigenvalue weighted by Crippen LogP contribution is 2.32. The number of aromatic nitrogens is 1. The molecule has 1 heterocycles. The Morgan fingerprint density at radius 3 is 2.50 bits per heavy atom. The summed E-state index contributed by atoms with van der Waals surface area (Å²) in [4.78, 5) is 23.8. The van der Waals surface area contributed by atoms with E-state index in [2.05, 4.69) is 5.16 Å². The molecule has 0 amide bonds. The second-order valence-electron chi connectivity index (χ2n) is 8.36. The first kappa shape index (κ1) is 25.1. The van der Waals surface area contributed by atoms with Gasteiger partial charge in [0.1, 0.15) is 11.9 Å². The summed E-state index contributed by atoms with van der Waals surface area (Å²) in [5.74, 6) is -1.72. The van der Waals surface area contributed by atoms with E-state index in [9.17, 15) is 14.0 Å². The maximum absolute atomic E-state index is 14.1. The Bertz CT molecular complexity index is 1430. The van der Waals surface area contributed by atoms with Gasteiger partial charge >= 0.3 is 11.9 Å². The van der Waals surface area contributed by atoms with Gasteiger partial charge in [0.25, 0.3) is 0 Å². The standard InChI is InChI=1S/C28H23ClFNO5/c1-16-23(15-27(34)35-17(2)22-8-3-4-9-24(22)29)28(36-31-16)20-7-5-6-18(12-20)19-10-11-25(30)21(13-19)14-26(32)33/h3-13,17H,14-15H2,1-2H3,(H,32,33). The van der Waals surface area contributed by atoms with Gasteiger partial charge in [-0.2, -0.15) is 0 Å². The molecule has 0 radical (unpaired) electrons. The fourth-order valence-corrected chi connectivity index (χ4v) is 4.26. The monoisotopic (exact) mass is 507 g/mol. The van der Waals surface area contributed by atoms with Crippen molar-refractivity contribution in [2.45, 2.75) is 32.8 Å². The van der Waals surface area contributed by atoms with Gasteiger partial charge < -0.3 is 14.4 Å². The lowest BCUT2D eigenvalue weighted by atomic mass is 9.97. The lowest BCUT2D eigenvalue weighted by Gasteiger charge is -2.15. The molecule has 8 heteroatoms. The quantitative estimate of drug-likeness (QED) is 0.271. The van der Waals surface area contributed by atoms with Crippen LogP contribution in [0.4, 0.5) is 4.39 Å². The number of carboxylic acids is 1. The van der Waals surface area contributed by atoms with Crippen molar-refractivity contribution >= 4 is 23.5 Å². The Morgan fingerprint density at radius 2 is 1.75 bits per heavy atom. The summed E-state index contributed by atoms with van der Waals surface area (Å²) < 4.78 is 25.2. The number of benzene rings is 3. The summed E-state index contributed by atoms with van der Waals surface area (Å²) in [7, 11) is 0. The molecule has 0 aliphatic heterocycles. The third kappa shape index (κ3) is 5.63. The molecule has 0 aliphatic carbocycles. The van der Waals surface area contributed by atoms with Gasteiger partial charge in [0, 0.05) is 21.7 Å². The number of carbonyl (C=O) groups excluding carboxylic acids is 1. The fraction of sp³-hybridized carbons (Fsp3) is 0.179. The molecule has 3 aromatic carbocycles. The molecular weight excluding hydrogens is 485 g/mol. The van der Waals surface area contributed by atoms with Crippen molar-refractivity contribution in [3.63, 3.8) is 0 Å². The van der Waals surface area contributed by atoms with Crippen LogP contribution in [0.3, 0.4) is 0 Å². The van der Waals surface area contributed by atoms with Gasteiger partial charge in [-0.15, -0.1) is 0 Å². The minimum absolute atomic E-state index is 0.0526. The molecule has 1 N–H and O–H groups in total. The van der Waals surface area contributed by atoms with Crippen LogP contribution in [0.2, 0.25) is 5.02 Å². The molecule has 184 valence electrons. The Labute approximate surface area is 212 Å². The maximum Gasteiger partial charge on any atom is 0.311 e. The van der Waals surface area contributed by atoms with Gasteiger partial charge in [-0.1, -0.05) is 59.2 Å². The highest BCUT2D eigenvalue weighted by molar-refractivity contribution is 6.31. The predicted molar refractivity (Wildman–Crippen MR) is 133 cm³/mol. The first-order valence-electron chi connectivity index (χ1n) is 11.2. The van der Waals surface area contributed by atoms with Crippen LogP contribution < -0.4 is 0 Å². The van der Waals surface area contributed by atoms with E-state index < -0.39 is 30.3 Å². The maximum atomic E-state index is 14.1. The van der Waals surface area contributed by atoms with Crippen LogP contribution in [0.25, 0.3) is 22.5 Å². The third-order valence-electron chi connectivity index (χ3n) is 5.80. The van der Waals surface area contributed by atoms with Crippen molar-refractivity contribution in [3.05, 3.63) is 100.0 Å². The number of rotatable bonds is 8. The van der Waals surface area contributed by atoms with Gasteiger partial charge in [-0.3, -0.25) is 9.59 Å². The van der Waals surface area contributed by atoms with Gasteiger partial charge in [0.05, 0.1) is 18.5 Å². The molecule has 0 saturated carbocycles. The zero-order valence-electron chi connectivity index (χ0n) is 19.6. The predicted octanol–water partition coefficient (Wildman–Crippen LogP) is 6.58. The van der Waals surface area contributed by atoms with E-state index in [0.29, 0.717) is 38.7 Å². The van der Waals surface area contributed by atoms with E-state index >= 15 is 0 Å². The number of hydrogen-bond acceptors (Lipinski definition) is 5. The van der Waals surface area contributed by atoms with Crippen LogP contribution in [0.1, 0.15) is 35.4 Å². The summed E-state index contributed by atoms with van der Waals surface area (Å²) >= 11 is 6.22. The molecule has 1 unspecified atom stereocenters. The van der Waals surface area contributed by atoms with E-state index in [0.717, 1.165) is 5.56 Å². The zero-order valence-corrected chi connectivity index (χ0v) is 20.4. The molecule has 6 nitrogen and oxygen atoms in total. The summed E-state index contributed by atoms with van der Waals surface area (Å²) in [6, 6.07) is 18.8. The van der Waals surface area contributed by atoms with Crippen LogP contribution >= 0.6 is 11.6 Å². The topological polar surface area (TPSA) is 89.6 Å². The number of carboxylic acid groups (broad SMARTS) is 1. The number of nitrogens with zero attached hydrogens (tertiary/aromatic N) is 1. The number of halogens is 2. The average molecular weight is 508 g/mol. The Kier molecular flexibility index (Phi) is 7.50. The van der Waals surface area contributed by atoms with Crippen LogP contribution in [0, 0.1) is 12.7 Å². The fourth-order valence-electron chi connectivity index (χ4n) is 3.97. The van der Waals surface area contributed by atoms with E-state index in [1.807, 2.05) is 24.3 Å². The van der Waals surface area contributed by atoms with Crippen molar-refractivity contribution in [2.24, 2.45) is 0 Å². The molecule has 4 rings (SSSR count). The Morgan fingerprint density at radius 1 is 1.03 bits per heavy atom. The van der Waals surface area contributed by atoms with Gasteiger partial charge in [-0.25, -0.2) is 4.39 Å². The minimum atomic E-state index is -1.11. The summed E-state index contributed by atoms with van der Waals surface area (Å²) in [5, 5.41) is 13.6. The molecule has 36 heavy (non-hydrogen) atoms. The molecular formula is C28H23ClFNO5. The van der Waals surface area contributed by atoms with Crippen molar-refractivity contribution in [2.75, 3.05) is 0 Å². The highest BCUT2D eigenvalue weighted by Gasteiger charge is 2.22. The Hall–Kier alpha value is -3.97. The minimum Gasteiger partial charge on any atom is -0.481 e. The number of carbonyl (C=O) groups is 2. The van der Waals surface area contributed by atoms with Crippen molar-refractivity contribution in [1.29, 1.82) is 0 Å². The summed E-state index contributed by atoms with van der Waals surface area (Å²) in [5.41, 5.74) is 4.01. The summed E-state index contributed by atoms with van der Waals surface area (Å²) in [6.45, 7) is 3.50. The average Bonchev–Trinajstić information content (AvgIpc) is 3.20. The van der Waals surface area contributed by atoms with E-state index in [-0.39, 0.29) is 12.0 Å². The van der Waals surface area contributed by atoms with Crippen LogP contribution in [-0.2, 0) is 27.2 Å². The van der Waals surface area contributed by atoms with Crippen LogP contribution in [-0.4, -0.2) is 22.2 Å². The molecule has 0 saturated heterocycles. The van der Waals surface area contributed by atoms with E-state index in [1.54, 1.807) is 44.2 Å². The van der Waals surface area contributed by atoms with E-state index in [4.69, 9.17) is 26.0 Å². The molecule has 4 aromatic rings. The third-order valence-corrected chi connectivity index (χ3v) is 6.15. The molecule has 0 spiro atoms. The molecule has 0 bridgehead atoms. The van der Waals surface area contributed by atoms with Crippen molar-refractivity contribution < 1.29 is 28.3 Å². The SMILES string of the molecule is Cc1noc(-c2cccc(-c3ccc(F)c(CC(=O)O)c3)c2)c1CC(=O)OC(C)c1ccccc1Cl. The number of esters is 1. The second kappa shape index (κ2) is 10.7. The van der Waals surface area contributed by atoms with Crippen LogP contribution in [0.15, 0.2) is 71.3 Å². The highest BCUT2D eigenvalue weighted by atomic mass is 35.5. The molecule has 0 fully saturated rings. The number of ether oxygens (including phenoxy) is 1. The Balaban J connectivity index is 1.58. The smallest absolute Gasteiger partial charge is 0.311 e. The molecule has 1 aromatic heterocycles. The van der Waals surface area contributed by atoms with E-state index in [1.165, 1.54) is 12.1 Å². The first-order valence-corrected chi connectivity index (χ1v) is 11.6.